The van der Waals surface area contributed by atoms with Crippen LogP contribution in [0.4, 0.5) is 11.5 Å². The summed E-state index contributed by atoms with van der Waals surface area (Å²) < 4.78 is 1.04. The molecule has 2 rings (SSSR count). The van der Waals surface area contributed by atoms with Crippen molar-refractivity contribution >= 4 is 39.0 Å². The minimum absolute atomic E-state index is 0.389. The van der Waals surface area contributed by atoms with Gasteiger partial charge in [0.15, 0.2) is 11.0 Å². The highest BCUT2D eigenvalue weighted by molar-refractivity contribution is 9.10. The third-order valence-electron chi connectivity index (χ3n) is 2.71. The van der Waals surface area contributed by atoms with Crippen LogP contribution in [0.3, 0.4) is 0 Å². The maximum Gasteiger partial charge on any atom is 0.172 e. The molecule has 1 aromatic carbocycles. The van der Waals surface area contributed by atoms with E-state index >= 15 is 0 Å². The average Bonchev–Trinajstić information content (AvgIpc) is 2.29. The highest BCUT2D eigenvalue weighted by Gasteiger charge is 2.08. The Kier molecular flexibility index (Phi) is 3.88. The zero-order chi connectivity index (χ0) is 13.3. The van der Waals surface area contributed by atoms with Crippen LogP contribution < -0.4 is 5.32 Å². The lowest BCUT2D eigenvalue weighted by Gasteiger charge is -2.11. The fourth-order valence-electron chi connectivity index (χ4n) is 1.55. The fraction of sp³-hybridized carbons (Fsp3) is 0.231. The molecule has 0 amide bonds. The molecule has 0 aliphatic carbocycles. The number of nitrogens with zero attached hydrogens (tertiary/aromatic N) is 2. The minimum Gasteiger partial charge on any atom is -0.337 e. The molecule has 1 heterocycles. The number of halogens is 2. The van der Waals surface area contributed by atoms with Gasteiger partial charge < -0.3 is 5.32 Å². The number of aromatic nitrogens is 2. The number of anilines is 2. The molecule has 0 fully saturated rings. The second-order valence-electron chi connectivity index (χ2n) is 4.12. The van der Waals surface area contributed by atoms with Gasteiger partial charge in [-0.05, 0) is 44.5 Å². The molecule has 5 heteroatoms. The Morgan fingerprint density at radius 2 is 1.78 bits per heavy atom. The molecule has 0 saturated carbocycles. The van der Waals surface area contributed by atoms with E-state index in [-0.39, 0.29) is 0 Å². The first kappa shape index (κ1) is 13.3. The molecule has 1 N–H and O–H groups in total. The van der Waals surface area contributed by atoms with Crippen molar-refractivity contribution in [3.05, 3.63) is 44.8 Å². The van der Waals surface area contributed by atoms with E-state index in [0.29, 0.717) is 11.0 Å². The summed E-state index contributed by atoms with van der Waals surface area (Å²) in [6, 6.07) is 5.98. The predicted octanol–water partition coefficient (Wildman–Crippen LogP) is 4.56. The highest BCUT2D eigenvalue weighted by atomic mass is 79.9. The first-order valence-corrected chi connectivity index (χ1v) is 6.68. The first-order chi connectivity index (χ1) is 8.47. The van der Waals surface area contributed by atoms with Gasteiger partial charge in [0.1, 0.15) is 0 Å². The van der Waals surface area contributed by atoms with Gasteiger partial charge in [0.2, 0.25) is 0 Å². The van der Waals surface area contributed by atoms with Crippen LogP contribution in [-0.4, -0.2) is 9.97 Å². The summed E-state index contributed by atoms with van der Waals surface area (Å²) in [5, 5.41) is 3.60. The lowest BCUT2D eigenvalue weighted by atomic mass is 10.2. The van der Waals surface area contributed by atoms with Crippen LogP contribution in [0.25, 0.3) is 0 Å². The SMILES string of the molecule is Cc1cc(Br)ccc1Nc1nc(C)c(C)nc1Cl. The fourth-order valence-corrected chi connectivity index (χ4v) is 2.24. The van der Waals surface area contributed by atoms with Gasteiger partial charge in [0, 0.05) is 10.2 Å². The van der Waals surface area contributed by atoms with Crippen molar-refractivity contribution in [2.45, 2.75) is 20.8 Å². The summed E-state index contributed by atoms with van der Waals surface area (Å²) in [6.45, 7) is 5.83. The minimum atomic E-state index is 0.389. The van der Waals surface area contributed by atoms with E-state index < -0.39 is 0 Å². The van der Waals surface area contributed by atoms with Gasteiger partial charge in [0.25, 0.3) is 0 Å². The molecule has 94 valence electrons. The number of rotatable bonds is 2. The lowest BCUT2D eigenvalue weighted by Crippen LogP contribution is -2.01. The lowest BCUT2D eigenvalue weighted by molar-refractivity contribution is 1.05. The van der Waals surface area contributed by atoms with Gasteiger partial charge in [0.05, 0.1) is 11.4 Å². The summed E-state index contributed by atoms with van der Waals surface area (Å²) in [7, 11) is 0. The topological polar surface area (TPSA) is 37.8 Å². The van der Waals surface area contributed by atoms with E-state index in [1.165, 1.54) is 0 Å². The molecular weight excluding hydrogens is 314 g/mol. The smallest absolute Gasteiger partial charge is 0.172 e. The van der Waals surface area contributed by atoms with Gasteiger partial charge in [-0.3, -0.25) is 0 Å². The normalized spacial score (nSPS) is 10.5. The molecule has 0 aliphatic heterocycles. The molecule has 0 aliphatic rings. The van der Waals surface area contributed by atoms with E-state index in [1.54, 1.807) is 0 Å². The summed E-state index contributed by atoms with van der Waals surface area (Å²) in [6.07, 6.45) is 0. The molecule has 0 saturated heterocycles. The highest BCUT2D eigenvalue weighted by Crippen LogP contribution is 2.26. The monoisotopic (exact) mass is 325 g/mol. The van der Waals surface area contributed by atoms with Crippen molar-refractivity contribution in [1.29, 1.82) is 0 Å². The quantitative estimate of drug-likeness (QED) is 0.879. The maximum absolute atomic E-state index is 6.09. The molecule has 2 aromatic rings. The van der Waals surface area contributed by atoms with E-state index in [1.807, 2.05) is 39.0 Å². The Hall–Kier alpha value is -1.13. The van der Waals surface area contributed by atoms with Crippen molar-refractivity contribution < 1.29 is 0 Å². The Morgan fingerprint density at radius 3 is 2.44 bits per heavy atom. The van der Waals surface area contributed by atoms with Crippen LogP contribution in [0.15, 0.2) is 22.7 Å². The van der Waals surface area contributed by atoms with E-state index in [9.17, 15) is 0 Å². The average molecular weight is 327 g/mol. The first-order valence-electron chi connectivity index (χ1n) is 5.51. The van der Waals surface area contributed by atoms with Gasteiger partial charge in [-0.1, -0.05) is 27.5 Å². The summed E-state index contributed by atoms with van der Waals surface area (Å²) in [5.74, 6) is 0.588. The zero-order valence-electron chi connectivity index (χ0n) is 10.4. The summed E-state index contributed by atoms with van der Waals surface area (Å²) in [5.41, 5.74) is 3.80. The van der Waals surface area contributed by atoms with Crippen molar-refractivity contribution in [3.8, 4) is 0 Å². The molecular formula is C13H13BrClN3. The molecule has 0 bridgehead atoms. The Balaban J connectivity index is 2.37. The predicted molar refractivity (Wildman–Crippen MR) is 78.7 cm³/mol. The third-order valence-corrected chi connectivity index (χ3v) is 3.46. The number of hydrogen-bond acceptors (Lipinski definition) is 3. The summed E-state index contributed by atoms with van der Waals surface area (Å²) >= 11 is 9.53. The van der Waals surface area contributed by atoms with Crippen LogP contribution >= 0.6 is 27.5 Å². The van der Waals surface area contributed by atoms with Crippen molar-refractivity contribution in [2.75, 3.05) is 5.32 Å². The van der Waals surface area contributed by atoms with Crippen LogP contribution in [-0.2, 0) is 0 Å². The molecule has 18 heavy (non-hydrogen) atoms. The third kappa shape index (κ3) is 2.82. The van der Waals surface area contributed by atoms with E-state index in [4.69, 9.17) is 11.6 Å². The van der Waals surface area contributed by atoms with Crippen LogP contribution in [0, 0.1) is 20.8 Å². The maximum atomic E-state index is 6.09. The molecule has 0 spiro atoms. The van der Waals surface area contributed by atoms with E-state index in [2.05, 4.69) is 31.2 Å². The van der Waals surface area contributed by atoms with Gasteiger partial charge in [-0.2, -0.15) is 0 Å². The Labute approximate surface area is 120 Å². The number of benzene rings is 1. The molecule has 1 aromatic heterocycles. The van der Waals surface area contributed by atoms with Crippen molar-refractivity contribution in [2.24, 2.45) is 0 Å². The van der Waals surface area contributed by atoms with Crippen LogP contribution in [0.1, 0.15) is 17.0 Å². The van der Waals surface area contributed by atoms with Gasteiger partial charge >= 0.3 is 0 Å². The van der Waals surface area contributed by atoms with Crippen LogP contribution in [0.5, 0.6) is 0 Å². The van der Waals surface area contributed by atoms with Gasteiger partial charge in [-0.15, -0.1) is 0 Å². The second-order valence-corrected chi connectivity index (χ2v) is 5.39. The Morgan fingerprint density at radius 1 is 1.11 bits per heavy atom. The number of aryl methyl sites for hydroxylation is 3. The van der Waals surface area contributed by atoms with Crippen molar-refractivity contribution in [3.63, 3.8) is 0 Å². The molecule has 0 radical (unpaired) electrons. The number of hydrogen-bond donors (Lipinski definition) is 1. The number of nitrogens with one attached hydrogen (secondary N) is 1. The largest absolute Gasteiger partial charge is 0.337 e. The van der Waals surface area contributed by atoms with Gasteiger partial charge in [-0.25, -0.2) is 9.97 Å². The standard InChI is InChI=1S/C13H13BrClN3/c1-7-6-10(14)4-5-11(7)18-13-12(15)16-8(2)9(3)17-13/h4-6H,1-3H3,(H,17,18). The molecule has 0 unspecified atom stereocenters. The Bertz CT molecular complexity index is 599. The summed E-state index contributed by atoms with van der Waals surface area (Å²) in [4.78, 5) is 8.66. The molecule has 3 nitrogen and oxygen atoms in total. The second kappa shape index (κ2) is 5.24. The zero-order valence-corrected chi connectivity index (χ0v) is 12.7. The van der Waals surface area contributed by atoms with Crippen LogP contribution in [0.2, 0.25) is 5.15 Å². The van der Waals surface area contributed by atoms with E-state index in [0.717, 1.165) is 27.1 Å². The molecule has 0 atom stereocenters. The van der Waals surface area contributed by atoms with Crippen molar-refractivity contribution in [1.82, 2.24) is 9.97 Å².